The van der Waals surface area contributed by atoms with Crippen LogP contribution in [0.3, 0.4) is 0 Å². The molecule has 0 spiro atoms. The minimum atomic E-state index is -4.69. The van der Waals surface area contributed by atoms with E-state index in [1.807, 2.05) is 0 Å². The van der Waals surface area contributed by atoms with E-state index in [4.69, 9.17) is 5.73 Å². The molecule has 4 nitrogen and oxygen atoms in total. The molecule has 2 aliphatic rings. The molecule has 1 aliphatic heterocycles. The number of carbonyl (C=O) groups is 1. The van der Waals surface area contributed by atoms with E-state index in [0.29, 0.717) is 12.8 Å². The second-order valence-corrected chi connectivity index (χ2v) is 5.31. The van der Waals surface area contributed by atoms with Crippen molar-refractivity contribution in [1.82, 2.24) is 4.90 Å². The second-order valence-electron chi connectivity index (χ2n) is 5.31. The van der Waals surface area contributed by atoms with Crippen molar-refractivity contribution in [2.45, 2.75) is 43.5 Å². The molecule has 2 rings (SSSR count). The number of hydrogen-bond donors (Lipinski definition) is 2. The lowest BCUT2D eigenvalue weighted by Crippen LogP contribution is -2.48. The van der Waals surface area contributed by atoms with Crippen LogP contribution in [0.15, 0.2) is 0 Å². The molecule has 1 saturated carbocycles. The first-order valence-corrected chi connectivity index (χ1v) is 6.06. The van der Waals surface area contributed by atoms with E-state index >= 15 is 0 Å². The predicted molar refractivity (Wildman–Crippen MR) is 57.5 cm³/mol. The summed E-state index contributed by atoms with van der Waals surface area (Å²) in [6.45, 7) is -0.693. The van der Waals surface area contributed by atoms with E-state index in [-0.39, 0.29) is 24.4 Å². The Labute approximate surface area is 103 Å². The zero-order valence-corrected chi connectivity index (χ0v) is 9.91. The quantitative estimate of drug-likeness (QED) is 0.732. The van der Waals surface area contributed by atoms with Gasteiger partial charge in [0.2, 0.25) is 5.91 Å². The molecule has 18 heavy (non-hydrogen) atoms. The highest BCUT2D eigenvalue weighted by atomic mass is 19.4. The average Bonchev–Trinajstić information content (AvgIpc) is 2.84. The maximum absolute atomic E-state index is 12.6. The normalized spacial score (nSPS) is 37.3. The highest BCUT2D eigenvalue weighted by Gasteiger charge is 2.58. The van der Waals surface area contributed by atoms with Gasteiger partial charge >= 0.3 is 6.18 Å². The maximum atomic E-state index is 12.6. The summed E-state index contributed by atoms with van der Waals surface area (Å²) in [5, 5.41) is 9.50. The first kappa shape index (κ1) is 13.6. The summed E-state index contributed by atoms with van der Waals surface area (Å²) in [6, 6.07) is -0.0388. The van der Waals surface area contributed by atoms with Gasteiger partial charge in [-0.1, -0.05) is 0 Å². The van der Waals surface area contributed by atoms with Gasteiger partial charge in [0.1, 0.15) is 0 Å². The molecule has 7 heteroatoms. The van der Waals surface area contributed by atoms with Crippen LogP contribution >= 0.6 is 0 Å². The van der Waals surface area contributed by atoms with Gasteiger partial charge in [0.25, 0.3) is 0 Å². The Morgan fingerprint density at radius 3 is 2.50 bits per heavy atom. The van der Waals surface area contributed by atoms with E-state index in [9.17, 15) is 23.1 Å². The van der Waals surface area contributed by atoms with Crippen LogP contribution in [-0.2, 0) is 4.79 Å². The number of hydrogen-bond acceptors (Lipinski definition) is 3. The van der Waals surface area contributed by atoms with Gasteiger partial charge in [-0.3, -0.25) is 4.79 Å². The summed E-state index contributed by atoms with van der Waals surface area (Å²) < 4.78 is 37.8. The third-order valence-corrected chi connectivity index (χ3v) is 3.91. The van der Waals surface area contributed by atoms with E-state index in [0.717, 1.165) is 11.3 Å². The predicted octanol–water partition coefficient (Wildman–Crippen LogP) is 0.639. The molecule has 0 aromatic carbocycles. The number of nitrogens with two attached hydrogens (primary N) is 1. The van der Waals surface area contributed by atoms with Crippen LogP contribution in [0.25, 0.3) is 0 Å². The van der Waals surface area contributed by atoms with Crippen molar-refractivity contribution in [3.8, 4) is 0 Å². The molecule has 1 aliphatic carbocycles. The van der Waals surface area contributed by atoms with Gasteiger partial charge in [-0.05, 0) is 19.3 Å². The number of alkyl halides is 3. The molecule has 0 aromatic rings. The number of rotatable bonds is 1. The standard InChI is InChI=1S/C11H17F3N2O2/c12-11(13,14)10(18)3-4-16(6-10)9(17)7-1-2-8(15)5-7/h7-8,18H,1-6,15H2. The second kappa shape index (κ2) is 4.38. The van der Waals surface area contributed by atoms with Gasteiger partial charge in [-0.25, -0.2) is 0 Å². The summed E-state index contributed by atoms with van der Waals surface area (Å²) in [6.07, 6.45) is -3.25. The van der Waals surface area contributed by atoms with Gasteiger partial charge in [0.15, 0.2) is 5.60 Å². The molecule has 3 atom stereocenters. The van der Waals surface area contributed by atoms with E-state index < -0.39 is 24.7 Å². The van der Waals surface area contributed by atoms with Gasteiger partial charge in [-0.15, -0.1) is 0 Å². The van der Waals surface area contributed by atoms with Crippen LogP contribution in [0.5, 0.6) is 0 Å². The Morgan fingerprint density at radius 2 is 2.06 bits per heavy atom. The van der Waals surface area contributed by atoms with Crippen LogP contribution in [-0.4, -0.2) is 46.8 Å². The molecule has 1 saturated heterocycles. The van der Waals surface area contributed by atoms with Crippen molar-refractivity contribution in [2.75, 3.05) is 13.1 Å². The number of aliphatic hydroxyl groups is 1. The summed E-state index contributed by atoms with van der Waals surface area (Å²) in [4.78, 5) is 13.1. The largest absolute Gasteiger partial charge is 0.419 e. The number of halogens is 3. The zero-order chi connectivity index (χ0) is 13.6. The molecule has 0 aromatic heterocycles. The van der Waals surface area contributed by atoms with Gasteiger partial charge in [0, 0.05) is 24.9 Å². The highest BCUT2D eigenvalue weighted by Crippen LogP contribution is 2.38. The Kier molecular flexibility index (Phi) is 3.31. The Balaban J connectivity index is 1.99. The van der Waals surface area contributed by atoms with Crippen LogP contribution in [0.2, 0.25) is 0 Å². The third kappa shape index (κ3) is 2.33. The fourth-order valence-corrected chi connectivity index (χ4v) is 2.71. The van der Waals surface area contributed by atoms with E-state index in [1.165, 1.54) is 0 Å². The first-order valence-electron chi connectivity index (χ1n) is 6.06. The highest BCUT2D eigenvalue weighted by molar-refractivity contribution is 5.79. The molecule has 2 fully saturated rings. The van der Waals surface area contributed by atoms with Crippen molar-refractivity contribution >= 4 is 5.91 Å². The molecule has 3 N–H and O–H groups in total. The number of nitrogens with zero attached hydrogens (tertiary/aromatic N) is 1. The molecule has 0 bridgehead atoms. The molecule has 1 amide bonds. The minimum absolute atomic E-state index is 0.0388. The van der Waals surface area contributed by atoms with Crippen LogP contribution in [0.1, 0.15) is 25.7 Å². The van der Waals surface area contributed by atoms with Crippen molar-refractivity contribution < 1.29 is 23.1 Å². The number of β-amino-alcohol motifs (C(OH)–C–C–N with tert-alkyl or cyclic N) is 1. The van der Waals surface area contributed by atoms with Crippen molar-refractivity contribution in [2.24, 2.45) is 11.7 Å². The Hall–Kier alpha value is -0.820. The van der Waals surface area contributed by atoms with Crippen LogP contribution in [0.4, 0.5) is 13.2 Å². The summed E-state index contributed by atoms with van der Waals surface area (Å²) in [5.74, 6) is -0.585. The van der Waals surface area contributed by atoms with Crippen molar-refractivity contribution in [3.63, 3.8) is 0 Å². The first-order chi connectivity index (χ1) is 8.23. The molecule has 0 radical (unpaired) electrons. The van der Waals surface area contributed by atoms with Crippen molar-refractivity contribution in [3.05, 3.63) is 0 Å². The molecule has 3 unspecified atom stereocenters. The molecular weight excluding hydrogens is 249 g/mol. The maximum Gasteiger partial charge on any atom is 0.419 e. The Morgan fingerprint density at radius 1 is 1.39 bits per heavy atom. The summed E-state index contributed by atoms with van der Waals surface area (Å²) in [7, 11) is 0. The van der Waals surface area contributed by atoms with Crippen molar-refractivity contribution in [1.29, 1.82) is 0 Å². The molecule has 1 heterocycles. The lowest BCUT2D eigenvalue weighted by Gasteiger charge is -2.26. The lowest BCUT2D eigenvalue weighted by molar-refractivity contribution is -0.253. The lowest BCUT2D eigenvalue weighted by atomic mass is 10.0. The third-order valence-electron chi connectivity index (χ3n) is 3.91. The summed E-state index contributed by atoms with van der Waals surface area (Å²) >= 11 is 0. The monoisotopic (exact) mass is 266 g/mol. The number of amides is 1. The zero-order valence-electron chi connectivity index (χ0n) is 9.91. The van der Waals surface area contributed by atoms with Gasteiger partial charge in [0.05, 0.1) is 6.54 Å². The number of carbonyl (C=O) groups excluding carboxylic acids is 1. The SMILES string of the molecule is NC1CCC(C(=O)N2CCC(O)(C(F)(F)F)C2)C1. The topological polar surface area (TPSA) is 66.6 Å². The summed E-state index contributed by atoms with van der Waals surface area (Å²) in [5.41, 5.74) is 2.94. The average molecular weight is 266 g/mol. The van der Waals surface area contributed by atoms with Crippen LogP contribution < -0.4 is 5.73 Å². The molecular formula is C11H17F3N2O2. The Bertz CT molecular complexity index is 348. The number of likely N-dealkylation sites (tertiary alicyclic amines) is 1. The molecule has 104 valence electrons. The fraction of sp³-hybridized carbons (Fsp3) is 0.909. The van der Waals surface area contributed by atoms with Gasteiger partial charge < -0.3 is 15.7 Å². The minimum Gasteiger partial charge on any atom is -0.379 e. The van der Waals surface area contributed by atoms with Crippen LogP contribution in [0, 0.1) is 5.92 Å². The van der Waals surface area contributed by atoms with Gasteiger partial charge in [-0.2, -0.15) is 13.2 Å². The van der Waals surface area contributed by atoms with E-state index in [1.54, 1.807) is 0 Å². The smallest absolute Gasteiger partial charge is 0.379 e. The van der Waals surface area contributed by atoms with E-state index in [2.05, 4.69) is 0 Å². The fourth-order valence-electron chi connectivity index (χ4n) is 2.71.